The van der Waals surface area contributed by atoms with Gasteiger partial charge in [0.2, 0.25) is 5.95 Å². The Bertz CT molecular complexity index is 1080. The first kappa shape index (κ1) is 21.5. The Morgan fingerprint density at radius 1 is 1.14 bits per heavy atom. The summed E-state index contributed by atoms with van der Waals surface area (Å²) < 4.78 is 0. The van der Waals surface area contributed by atoms with E-state index in [2.05, 4.69) is 66.2 Å². The van der Waals surface area contributed by atoms with Gasteiger partial charge in [0.05, 0.1) is 5.52 Å². The summed E-state index contributed by atoms with van der Waals surface area (Å²) >= 11 is 0. The number of hydrogen-bond donors (Lipinski definition) is 2. The highest BCUT2D eigenvalue weighted by atomic mass is 15.1. The molecule has 0 saturated carbocycles. The fourth-order valence-corrected chi connectivity index (χ4v) is 2.56. The van der Waals surface area contributed by atoms with Crippen LogP contribution in [0.25, 0.3) is 28.6 Å². The van der Waals surface area contributed by atoms with E-state index in [-0.39, 0.29) is 0 Å². The van der Waals surface area contributed by atoms with Crippen molar-refractivity contribution in [2.75, 3.05) is 12.4 Å². The molecule has 0 spiro atoms. The molecule has 4 heteroatoms. The van der Waals surface area contributed by atoms with E-state index in [1.165, 1.54) is 17.3 Å². The minimum atomic E-state index is 0.588. The van der Waals surface area contributed by atoms with Crippen LogP contribution in [0.5, 0.6) is 0 Å². The molecule has 146 valence electrons. The highest BCUT2D eigenvalue weighted by Gasteiger charge is 2.01. The lowest BCUT2D eigenvalue weighted by Crippen LogP contribution is -1.96. The van der Waals surface area contributed by atoms with Crippen LogP contribution in [0.15, 0.2) is 74.5 Å². The molecule has 3 rings (SSSR count). The standard InChI is InChI=1S/C13H14.C12H12N4/c1-4-6-7-13-10-12(5-2)9-8-11(13)3;1-8(6-13)9-3-4-10-7-15-12(14-2)16-11(10)5-9/h4-10H,1-2H2,3H3;3-7,13H,1H2,2H3,(H,14,15,16)/b7-6-;. The zero-order valence-electron chi connectivity index (χ0n) is 16.9. The number of rotatable bonds is 6. The van der Waals surface area contributed by atoms with Gasteiger partial charge in [-0.3, -0.25) is 0 Å². The van der Waals surface area contributed by atoms with Gasteiger partial charge in [0.25, 0.3) is 0 Å². The van der Waals surface area contributed by atoms with Crippen LogP contribution in [-0.2, 0) is 0 Å². The average Bonchev–Trinajstić information content (AvgIpc) is 2.77. The first-order valence-corrected chi connectivity index (χ1v) is 9.19. The Balaban J connectivity index is 0.000000212. The molecule has 0 saturated heterocycles. The zero-order valence-corrected chi connectivity index (χ0v) is 16.9. The molecule has 0 fully saturated rings. The maximum absolute atomic E-state index is 7.16. The number of nitrogens with one attached hydrogen (secondary N) is 2. The van der Waals surface area contributed by atoms with Gasteiger partial charge in [-0.15, -0.1) is 0 Å². The van der Waals surface area contributed by atoms with E-state index >= 15 is 0 Å². The number of hydrogen-bond acceptors (Lipinski definition) is 4. The monoisotopic (exact) mass is 382 g/mol. The van der Waals surface area contributed by atoms with Crippen molar-refractivity contribution >= 4 is 40.8 Å². The second-order valence-electron chi connectivity index (χ2n) is 6.30. The Morgan fingerprint density at radius 3 is 2.59 bits per heavy atom. The largest absolute Gasteiger partial charge is 0.357 e. The van der Waals surface area contributed by atoms with Crippen molar-refractivity contribution in [3.8, 4) is 0 Å². The van der Waals surface area contributed by atoms with Crippen LogP contribution in [-0.4, -0.2) is 23.2 Å². The molecule has 0 unspecified atom stereocenters. The van der Waals surface area contributed by atoms with Crippen molar-refractivity contribution in [2.45, 2.75) is 6.92 Å². The number of aromatic nitrogens is 2. The van der Waals surface area contributed by atoms with Crippen LogP contribution in [0.1, 0.15) is 22.3 Å². The summed E-state index contributed by atoms with van der Waals surface area (Å²) in [6.45, 7) is 13.3. The van der Waals surface area contributed by atoms with Crippen LogP contribution < -0.4 is 5.32 Å². The average molecular weight is 383 g/mol. The second kappa shape index (κ2) is 10.5. The van der Waals surface area contributed by atoms with Gasteiger partial charge < -0.3 is 10.7 Å². The summed E-state index contributed by atoms with van der Waals surface area (Å²) in [5.74, 6) is 0.588. The quantitative estimate of drug-likeness (QED) is 0.396. The van der Waals surface area contributed by atoms with Gasteiger partial charge in [-0.2, -0.15) is 0 Å². The van der Waals surface area contributed by atoms with Crippen LogP contribution in [0.2, 0.25) is 0 Å². The van der Waals surface area contributed by atoms with Crippen molar-refractivity contribution in [2.24, 2.45) is 0 Å². The summed E-state index contributed by atoms with van der Waals surface area (Å²) in [5.41, 5.74) is 6.06. The molecule has 0 amide bonds. The summed E-state index contributed by atoms with van der Waals surface area (Å²) in [6, 6.07) is 12.0. The molecule has 0 aliphatic heterocycles. The first-order chi connectivity index (χ1) is 14.0. The van der Waals surface area contributed by atoms with Crippen molar-refractivity contribution in [3.05, 3.63) is 96.7 Å². The normalized spacial score (nSPS) is 10.1. The number of fused-ring (bicyclic) bond motifs is 1. The third-order valence-electron chi connectivity index (χ3n) is 4.30. The first-order valence-electron chi connectivity index (χ1n) is 9.19. The number of benzene rings is 2. The minimum Gasteiger partial charge on any atom is -0.357 e. The molecule has 0 aliphatic carbocycles. The van der Waals surface area contributed by atoms with Gasteiger partial charge in [-0.1, -0.05) is 68.3 Å². The number of aryl methyl sites for hydroxylation is 1. The maximum Gasteiger partial charge on any atom is 0.222 e. The van der Waals surface area contributed by atoms with E-state index in [0.717, 1.165) is 22.0 Å². The summed E-state index contributed by atoms with van der Waals surface area (Å²) in [7, 11) is 1.78. The van der Waals surface area contributed by atoms with E-state index in [0.29, 0.717) is 11.5 Å². The van der Waals surface area contributed by atoms with Gasteiger partial charge in [-0.25, -0.2) is 9.97 Å². The molecular formula is C25H26N4. The molecule has 4 nitrogen and oxygen atoms in total. The highest BCUT2D eigenvalue weighted by Crippen LogP contribution is 2.18. The van der Waals surface area contributed by atoms with Crippen LogP contribution in [0, 0.1) is 12.3 Å². The molecule has 0 aliphatic rings. The van der Waals surface area contributed by atoms with Crippen LogP contribution >= 0.6 is 0 Å². The molecule has 0 radical (unpaired) electrons. The smallest absolute Gasteiger partial charge is 0.222 e. The van der Waals surface area contributed by atoms with E-state index in [9.17, 15) is 0 Å². The van der Waals surface area contributed by atoms with Crippen molar-refractivity contribution in [1.29, 1.82) is 5.41 Å². The molecule has 2 N–H and O–H groups in total. The zero-order chi connectivity index (χ0) is 21.2. The molecule has 0 atom stereocenters. The lowest BCUT2D eigenvalue weighted by atomic mass is 10.0. The Labute approximate surface area is 172 Å². The molecule has 2 aromatic carbocycles. The Hall–Kier alpha value is -3.79. The van der Waals surface area contributed by atoms with Crippen LogP contribution in [0.4, 0.5) is 5.95 Å². The number of anilines is 1. The lowest BCUT2D eigenvalue weighted by Gasteiger charge is -2.03. The summed E-state index contributed by atoms with van der Waals surface area (Å²) in [5, 5.41) is 11.0. The molecule has 29 heavy (non-hydrogen) atoms. The third kappa shape index (κ3) is 5.84. The molecule has 0 bridgehead atoms. The van der Waals surface area contributed by atoms with Gasteiger partial charge in [-0.05, 0) is 46.9 Å². The second-order valence-corrected chi connectivity index (χ2v) is 6.30. The molecule has 1 heterocycles. The molecule has 3 aromatic rings. The van der Waals surface area contributed by atoms with Crippen LogP contribution in [0.3, 0.4) is 0 Å². The fourth-order valence-electron chi connectivity index (χ4n) is 2.56. The minimum absolute atomic E-state index is 0.588. The predicted molar refractivity (Wildman–Crippen MR) is 127 cm³/mol. The van der Waals surface area contributed by atoms with Crippen molar-refractivity contribution in [3.63, 3.8) is 0 Å². The van der Waals surface area contributed by atoms with Gasteiger partial charge in [0, 0.05) is 24.8 Å². The van der Waals surface area contributed by atoms with E-state index in [1.807, 2.05) is 30.4 Å². The predicted octanol–water partition coefficient (Wildman–Crippen LogP) is 6.17. The van der Waals surface area contributed by atoms with E-state index in [4.69, 9.17) is 5.41 Å². The lowest BCUT2D eigenvalue weighted by molar-refractivity contribution is 1.19. The van der Waals surface area contributed by atoms with Crippen molar-refractivity contribution < 1.29 is 0 Å². The topological polar surface area (TPSA) is 61.7 Å². The van der Waals surface area contributed by atoms with E-state index in [1.54, 1.807) is 19.3 Å². The Morgan fingerprint density at radius 2 is 1.93 bits per heavy atom. The van der Waals surface area contributed by atoms with E-state index < -0.39 is 0 Å². The summed E-state index contributed by atoms with van der Waals surface area (Å²) in [4.78, 5) is 8.46. The van der Waals surface area contributed by atoms with Gasteiger partial charge in [0.15, 0.2) is 0 Å². The Kier molecular flexibility index (Phi) is 7.80. The van der Waals surface area contributed by atoms with Crippen molar-refractivity contribution in [1.82, 2.24) is 9.97 Å². The highest BCUT2D eigenvalue weighted by molar-refractivity contribution is 6.08. The number of nitrogens with zero attached hydrogens (tertiary/aromatic N) is 2. The molecular weight excluding hydrogens is 356 g/mol. The van der Waals surface area contributed by atoms with Gasteiger partial charge >= 0.3 is 0 Å². The molecule has 1 aromatic heterocycles. The fraction of sp³-hybridized carbons (Fsp3) is 0.0800. The van der Waals surface area contributed by atoms with Gasteiger partial charge in [0.1, 0.15) is 0 Å². The number of allylic oxidation sites excluding steroid dienone is 3. The SMILES string of the molecule is C=C(C=N)c1ccc2cnc(NC)nc2c1.C=C/C=C\c1cc(C=C)ccc1C. The summed E-state index contributed by atoms with van der Waals surface area (Å²) in [6.07, 6.45) is 10.6. The maximum atomic E-state index is 7.16. The third-order valence-corrected chi connectivity index (χ3v) is 4.30.